The van der Waals surface area contributed by atoms with Crippen LogP contribution in [0.25, 0.3) is 21.9 Å². The highest BCUT2D eigenvalue weighted by Gasteiger charge is 2.30. The summed E-state index contributed by atoms with van der Waals surface area (Å²) in [6.07, 6.45) is 0.170. The van der Waals surface area contributed by atoms with Crippen LogP contribution in [0, 0.1) is 0 Å². The topological polar surface area (TPSA) is 49.2 Å². The summed E-state index contributed by atoms with van der Waals surface area (Å²) in [6, 6.07) is 11.3. The van der Waals surface area contributed by atoms with E-state index in [1.54, 1.807) is 18.3 Å². The van der Waals surface area contributed by atoms with Crippen molar-refractivity contribution in [3.8, 4) is 11.5 Å². The largest absolute Gasteiger partial charge is 0.573 e. The number of hydrogen-bond acceptors (Lipinski definition) is 4. The molecule has 0 fully saturated rings. The molecule has 2 heterocycles. The third-order valence-corrected chi connectivity index (χ3v) is 5.08. The molecule has 4 aromatic rings. The van der Waals surface area contributed by atoms with E-state index in [0.29, 0.717) is 5.75 Å². The standard InChI is InChI=1S/C23H22F3N3O2/c1-3-4-5-21-28-20-13-27-19-11-10-17(12-18(19)22(20)29(21)2)30-14-15-6-8-16(9-7-15)31-23(24,25)26/h6-13H,3-5,14H2,1-2H3. The number of hydrogen-bond donors (Lipinski definition) is 0. The molecule has 0 spiro atoms. The molecule has 0 aliphatic heterocycles. The van der Waals surface area contributed by atoms with Gasteiger partial charge in [-0.05, 0) is 42.3 Å². The summed E-state index contributed by atoms with van der Waals surface area (Å²) in [7, 11) is 2.01. The molecule has 4 rings (SSSR count). The van der Waals surface area contributed by atoms with Crippen molar-refractivity contribution < 1.29 is 22.6 Å². The molecule has 0 radical (unpaired) electrons. The molecule has 0 saturated heterocycles. The van der Waals surface area contributed by atoms with E-state index in [1.165, 1.54) is 12.1 Å². The van der Waals surface area contributed by atoms with E-state index in [-0.39, 0.29) is 12.4 Å². The Kier molecular flexibility index (Phi) is 5.71. The minimum atomic E-state index is -4.70. The predicted octanol–water partition coefficient (Wildman–Crippen LogP) is 5.94. The number of aryl methyl sites for hydroxylation is 2. The van der Waals surface area contributed by atoms with Gasteiger partial charge in [-0.1, -0.05) is 25.5 Å². The molecule has 0 aliphatic carbocycles. The SMILES string of the molecule is CCCCc1nc2cnc3ccc(OCc4ccc(OC(F)(F)F)cc4)cc3c2n1C. The number of fused-ring (bicyclic) bond motifs is 3. The lowest BCUT2D eigenvalue weighted by Crippen LogP contribution is -2.17. The highest BCUT2D eigenvalue weighted by atomic mass is 19.4. The van der Waals surface area contributed by atoms with Gasteiger partial charge >= 0.3 is 6.36 Å². The number of alkyl halides is 3. The molecule has 31 heavy (non-hydrogen) atoms. The number of aromatic nitrogens is 3. The predicted molar refractivity (Wildman–Crippen MR) is 112 cm³/mol. The molecule has 0 atom stereocenters. The highest BCUT2D eigenvalue weighted by Crippen LogP contribution is 2.29. The maximum Gasteiger partial charge on any atom is 0.573 e. The van der Waals surface area contributed by atoms with Crippen LogP contribution < -0.4 is 9.47 Å². The number of nitrogens with zero attached hydrogens (tertiary/aromatic N) is 3. The van der Waals surface area contributed by atoms with Gasteiger partial charge in [0.1, 0.15) is 29.4 Å². The van der Waals surface area contributed by atoms with Gasteiger partial charge in [-0.15, -0.1) is 13.2 Å². The summed E-state index contributed by atoms with van der Waals surface area (Å²) >= 11 is 0. The molecule has 0 saturated carbocycles. The first-order valence-corrected chi connectivity index (χ1v) is 10.1. The van der Waals surface area contributed by atoms with Crippen molar-refractivity contribution >= 4 is 21.9 Å². The van der Waals surface area contributed by atoms with Crippen LogP contribution in [0.3, 0.4) is 0 Å². The number of imidazole rings is 1. The average molecular weight is 429 g/mol. The van der Waals surface area contributed by atoms with E-state index < -0.39 is 6.36 Å². The molecule has 0 N–H and O–H groups in total. The van der Waals surface area contributed by atoms with Crippen molar-refractivity contribution in [2.75, 3.05) is 0 Å². The normalized spacial score (nSPS) is 11.9. The number of halogens is 3. The van der Waals surface area contributed by atoms with E-state index in [0.717, 1.165) is 52.6 Å². The van der Waals surface area contributed by atoms with Crippen LogP contribution in [0.4, 0.5) is 13.2 Å². The molecule has 8 heteroatoms. The van der Waals surface area contributed by atoms with E-state index in [9.17, 15) is 13.2 Å². The molecule has 2 aromatic heterocycles. The maximum atomic E-state index is 12.3. The van der Waals surface area contributed by atoms with Crippen molar-refractivity contribution in [2.24, 2.45) is 7.05 Å². The third kappa shape index (κ3) is 4.73. The van der Waals surface area contributed by atoms with Crippen molar-refractivity contribution in [2.45, 2.75) is 39.2 Å². The van der Waals surface area contributed by atoms with E-state index >= 15 is 0 Å². The second-order valence-corrected chi connectivity index (χ2v) is 7.34. The zero-order valence-electron chi connectivity index (χ0n) is 17.2. The molecule has 5 nitrogen and oxygen atoms in total. The van der Waals surface area contributed by atoms with Gasteiger partial charge in [0.2, 0.25) is 0 Å². The van der Waals surface area contributed by atoms with Crippen molar-refractivity contribution in [3.05, 3.63) is 60.0 Å². The fraction of sp³-hybridized carbons (Fsp3) is 0.304. The molecule has 0 amide bonds. The Morgan fingerprint density at radius 2 is 1.74 bits per heavy atom. The van der Waals surface area contributed by atoms with Crippen molar-refractivity contribution in [3.63, 3.8) is 0 Å². The Bertz CT molecular complexity index is 1200. The summed E-state index contributed by atoms with van der Waals surface area (Å²) < 4.78 is 48.7. The fourth-order valence-electron chi connectivity index (χ4n) is 3.53. The van der Waals surface area contributed by atoms with E-state index in [4.69, 9.17) is 9.72 Å². The molecular formula is C23H22F3N3O2. The quantitative estimate of drug-likeness (QED) is 0.365. The lowest BCUT2D eigenvalue weighted by Gasteiger charge is -2.11. The van der Waals surface area contributed by atoms with Crippen LogP contribution in [0.1, 0.15) is 31.2 Å². The first-order chi connectivity index (χ1) is 14.8. The van der Waals surface area contributed by atoms with Gasteiger partial charge in [-0.2, -0.15) is 0 Å². The van der Waals surface area contributed by atoms with Crippen LogP contribution in [0.15, 0.2) is 48.7 Å². The number of pyridine rings is 1. The van der Waals surface area contributed by atoms with Crippen LogP contribution in [0.2, 0.25) is 0 Å². The first-order valence-electron chi connectivity index (χ1n) is 10.1. The lowest BCUT2D eigenvalue weighted by atomic mass is 10.2. The Balaban J connectivity index is 1.56. The van der Waals surface area contributed by atoms with Crippen LogP contribution >= 0.6 is 0 Å². The van der Waals surface area contributed by atoms with E-state index in [2.05, 4.69) is 21.2 Å². The van der Waals surface area contributed by atoms with Crippen LogP contribution in [-0.4, -0.2) is 20.9 Å². The molecule has 0 unspecified atom stereocenters. The van der Waals surface area contributed by atoms with Gasteiger partial charge in [-0.25, -0.2) is 4.98 Å². The Hall–Kier alpha value is -3.29. The van der Waals surface area contributed by atoms with Crippen molar-refractivity contribution in [1.29, 1.82) is 0 Å². The minimum absolute atomic E-state index is 0.217. The van der Waals surface area contributed by atoms with Crippen molar-refractivity contribution in [1.82, 2.24) is 14.5 Å². The van der Waals surface area contributed by atoms with Gasteiger partial charge < -0.3 is 14.0 Å². The Labute approximate surface area is 177 Å². The first kappa shape index (κ1) is 21.0. The Morgan fingerprint density at radius 3 is 2.45 bits per heavy atom. The number of ether oxygens (including phenoxy) is 2. The van der Waals surface area contributed by atoms with Gasteiger partial charge in [-0.3, -0.25) is 4.98 Å². The monoisotopic (exact) mass is 429 g/mol. The van der Waals surface area contributed by atoms with Gasteiger partial charge in [0, 0.05) is 18.9 Å². The van der Waals surface area contributed by atoms with Crippen LogP contribution in [-0.2, 0) is 20.1 Å². The number of rotatable bonds is 7. The molecular weight excluding hydrogens is 407 g/mol. The highest BCUT2D eigenvalue weighted by molar-refractivity contribution is 6.02. The zero-order valence-corrected chi connectivity index (χ0v) is 17.2. The minimum Gasteiger partial charge on any atom is -0.489 e. The zero-order chi connectivity index (χ0) is 22.0. The van der Waals surface area contributed by atoms with Crippen LogP contribution in [0.5, 0.6) is 11.5 Å². The lowest BCUT2D eigenvalue weighted by molar-refractivity contribution is -0.274. The summed E-state index contributed by atoms with van der Waals surface area (Å²) in [5, 5.41) is 0.946. The second-order valence-electron chi connectivity index (χ2n) is 7.34. The van der Waals surface area contributed by atoms with Gasteiger partial charge in [0.15, 0.2) is 0 Å². The summed E-state index contributed by atoms with van der Waals surface area (Å²) in [6.45, 7) is 2.37. The summed E-state index contributed by atoms with van der Waals surface area (Å²) in [4.78, 5) is 9.23. The maximum absolute atomic E-state index is 12.3. The average Bonchev–Trinajstić information content (AvgIpc) is 3.06. The molecule has 2 aromatic carbocycles. The molecule has 0 aliphatic rings. The second kappa shape index (κ2) is 8.45. The van der Waals surface area contributed by atoms with Gasteiger partial charge in [0.25, 0.3) is 0 Å². The smallest absolute Gasteiger partial charge is 0.489 e. The summed E-state index contributed by atoms with van der Waals surface area (Å²) in [5.74, 6) is 1.41. The summed E-state index contributed by atoms with van der Waals surface area (Å²) in [5.41, 5.74) is 3.43. The molecule has 162 valence electrons. The van der Waals surface area contributed by atoms with Gasteiger partial charge in [0.05, 0.1) is 17.2 Å². The third-order valence-electron chi connectivity index (χ3n) is 5.08. The fourth-order valence-corrected chi connectivity index (χ4v) is 3.53. The molecule has 0 bridgehead atoms. The Morgan fingerprint density at radius 1 is 1.00 bits per heavy atom. The number of benzene rings is 2. The van der Waals surface area contributed by atoms with E-state index in [1.807, 2.05) is 25.2 Å². The number of unbranched alkanes of at least 4 members (excludes halogenated alkanes) is 1.